The van der Waals surface area contributed by atoms with Crippen LogP contribution in [0.15, 0.2) is 60.9 Å². The van der Waals surface area contributed by atoms with Gasteiger partial charge in [0, 0.05) is 43.1 Å². The van der Waals surface area contributed by atoms with E-state index in [-0.39, 0.29) is 28.2 Å². The Morgan fingerprint density at radius 2 is 1.76 bits per heavy atom. The number of hydrogen-bond donors (Lipinski definition) is 0. The Hall–Kier alpha value is -4.09. The second-order valence-corrected chi connectivity index (χ2v) is 11.5. The van der Waals surface area contributed by atoms with Crippen LogP contribution >= 0.6 is 23.2 Å². The zero-order chi connectivity index (χ0) is 31.5. The van der Waals surface area contributed by atoms with Gasteiger partial charge in [-0.05, 0) is 35.4 Å². The first-order valence-corrected chi connectivity index (χ1v) is 15.2. The first-order chi connectivity index (χ1) is 21.9. The molecule has 2 aliphatic rings. The standard InChI is InChI=1S/C33H32Cl2N4O6/c1-42-11-10-39-19-24(17-36-39)23-14-27(34)30(28(35)15-23)32(40)38-18-22-4-3-5-25(31(22)45-20-38)21-6-7-26(33(41)43-2)29(16-21)37-8-12-44-13-9-37/h3-7,14-17,19H,8-13,18,20H2,1-2H3. The Kier molecular flexibility index (Phi) is 9.27. The van der Waals surface area contributed by atoms with Crippen molar-refractivity contribution in [3.63, 3.8) is 0 Å². The summed E-state index contributed by atoms with van der Waals surface area (Å²) in [6.45, 7) is 3.95. The van der Waals surface area contributed by atoms with E-state index in [1.165, 1.54) is 7.11 Å². The van der Waals surface area contributed by atoms with Crippen LogP contribution in [0.3, 0.4) is 0 Å². The maximum Gasteiger partial charge on any atom is 0.339 e. The van der Waals surface area contributed by atoms with Gasteiger partial charge >= 0.3 is 5.97 Å². The molecule has 12 heteroatoms. The highest BCUT2D eigenvalue weighted by Gasteiger charge is 2.29. The summed E-state index contributed by atoms with van der Waals surface area (Å²) in [5.41, 5.74) is 5.64. The minimum atomic E-state index is -0.397. The van der Waals surface area contributed by atoms with Crippen LogP contribution in [-0.2, 0) is 27.3 Å². The van der Waals surface area contributed by atoms with E-state index in [1.54, 1.807) is 41.1 Å². The number of nitrogens with zero attached hydrogens (tertiary/aromatic N) is 4. The minimum Gasteiger partial charge on any atom is -0.472 e. The number of aromatic nitrogens is 2. The van der Waals surface area contributed by atoms with Gasteiger partial charge in [-0.15, -0.1) is 0 Å². The zero-order valence-corrected chi connectivity index (χ0v) is 26.4. The average Bonchev–Trinajstić information content (AvgIpc) is 3.55. The maximum absolute atomic E-state index is 13.7. The fourth-order valence-corrected chi connectivity index (χ4v) is 6.25. The van der Waals surface area contributed by atoms with Crippen molar-refractivity contribution >= 4 is 40.8 Å². The van der Waals surface area contributed by atoms with Crippen molar-refractivity contribution in [1.82, 2.24) is 14.7 Å². The Morgan fingerprint density at radius 3 is 2.49 bits per heavy atom. The topological polar surface area (TPSA) is 95.4 Å². The molecule has 4 aromatic rings. The Bertz CT molecular complexity index is 1710. The highest BCUT2D eigenvalue weighted by molar-refractivity contribution is 6.40. The van der Waals surface area contributed by atoms with Gasteiger partial charge < -0.3 is 28.7 Å². The molecule has 0 unspecified atom stereocenters. The van der Waals surface area contributed by atoms with Crippen LogP contribution in [0.5, 0.6) is 5.75 Å². The number of amides is 1. The lowest BCUT2D eigenvalue weighted by molar-refractivity contribution is 0.0515. The molecule has 1 amide bonds. The molecule has 0 saturated carbocycles. The third-order valence-corrected chi connectivity index (χ3v) is 8.52. The molecule has 45 heavy (non-hydrogen) atoms. The Balaban J connectivity index is 1.25. The predicted octanol–water partition coefficient (Wildman–Crippen LogP) is 5.79. The summed E-state index contributed by atoms with van der Waals surface area (Å²) in [6, 6.07) is 14.9. The number of methoxy groups -OCH3 is 2. The van der Waals surface area contributed by atoms with Crippen LogP contribution in [0.4, 0.5) is 5.69 Å². The molecule has 0 aliphatic carbocycles. The lowest BCUT2D eigenvalue weighted by Crippen LogP contribution is -2.37. The third-order valence-electron chi connectivity index (χ3n) is 7.92. The summed E-state index contributed by atoms with van der Waals surface area (Å²) in [7, 11) is 3.02. The number of esters is 1. The van der Waals surface area contributed by atoms with E-state index in [1.807, 2.05) is 36.5 Å². The molecule has 0 N–H and O–H groups in total. The summed E-state index contributed by atoms with van der Waals surface area (Å²) < 4.78 is 23.7. The second kappa shape index (κ2) is 13.5. The smallest absolute Gasteiger partial charge is 0.339 e. The molecule has 234 valence electrons. The van der Waals surface area contributed by atoms with E-state index < -0.39 is 5.97 Å². The summed E-state index contributed by atoms with van der Waals surface area (Å²) >= 11 is 13.3. The van der Waals surface area contributed by atoms with Gasteiger partial charge in [0.1, 0.15) is 5.75 Å². The summed E-state index contributed by atoms with van der Waals surface area (Å²) in [4.78, 5) is 30.0. The van der Waals surface area contributed by atoms with Crippen LogP contribution in [0.2, 0.25) is 10.0 Å². The third kappa shape index (κ3) is 6.37. The molecular formula is C33H32Cl2N4O6. The number of halogens is 2. The summed E-state index contributed by atoms with van der Waals surface area (Å²) in [5, 5.41) is 4.83. The Labute approximate surface area is 270 Å². The molecule has 1 aromatic heterocycles. The van der Waals surface area contributed by atoms with Crippen molar-refractivity contribution in [3.8, 4) is 28.0 Å². The molecule has 1 saturated heterocycles. The number of para-hydroxylation sites is 1. The van der Waals surface area contributed by atoms with Crippen LogP contribution in [-0.4, -0.2) is 80.4 Å². The van der Waals surface area contributed by atoms with Gasteiger partial charge in [0.05, 0.1) is 73.1 Å². The molecule has 0 spiro atoms. The van der Waals surface area contributed by atoms with Gasteiger partial charge in [0.2, 0.25) is 0 Å². The molecule has 1 fully saturated rings. The number of rotatable bonds is 8. The molecule has 10 nitrogen and oxygen atoms in total. The average molecular weight is 652 g/mol. The normalized spacial score (nSPS) is 14.6. The maximum atomic E-state index is 13.7. The van der Waals surface area contributed by atoms with Crippen LogP contribution < -0.4 is 9.64 Å². The van der Waals surface area contributed by atoms with Crippen LogP contribution in [0.25, 0.3) is 22.3 Å². The van der Waals surface area contributed by atoms with E-state index >= 15 is 0 Å². The number of anilines is 1. The van der Waals surface area contributed by atoms with Crippen molar-refractivity contribution in [2.75, 3.05) is 58.8 Å². The van der Waals surface area contributed by atoms with Gasteiger partial charge in [-0.1, -0.05) is 47.5 Å². The number of carbonyl (C=O) groups excluding carboxylic acids is 2. The van der Waals surface area contributed by atoms with Gasteiger partial charge in [-0.25, -0.2) is 4.79 Å². The largest absolute Gasteiger partial charge is 0.472 e. The number of fused-ring (bicyclic) bond motifs is 1. The van der Waals surface area contributed by atoms with E-state index in [0.29, 0.717) is 57.3 Å². The fraction of sp³-hybridized carbons (Fsp3) is 0.303. The molecule has 3 heterocycles. The molecule has 0 atom stereocenters. The molecule has 0 bridgehead atoms. The quantitative estimate of drug-likeness (QED) is 0.221. The van der Waals surface area contributed by atoms with Crippen molar-refractivity contribution in [2.24, 2.45) is 0 Å². The van der Waals surface area contributed by atoms with Crippen molar-refractivity contribution in [2.45, 2.75) is 13.1 Å². The van der Waals surface area contributed by atoms with E-state index in [2.05, 4.69) is 10.00 Å². The minimum absolute atomic E-state index is 0.0140. The lowest BCUT2D eigenvalue weighted by Gasteiger charge is -2.32. The highest BCUT2D eigenvalue weighted by atomic mass is 35.5. The van der Waals surface area contributed by atoms with Gasteiger partial charge in [-0.3, -0.25) is 9.48 Å². The summed E-state index contributed by atoms with van der Waals surface area (Å²) in [5.74, 6) is -0.0511. The van der Waals surface area contributed by atoms with Crippen molar-refractivity contribution in [1.29, 1.82) is 0 Å². The zero-order valence-electron chi connectivity index (χ0n) is 24.9. The van der Waals surface area contributed by atoms with Crippen molar-refractivity contribution < 1.29 is 28.5 Å². The van der Waals surface area contributed by atoms with Gasteiger partial charge in [-0.2, -0.15) is 5.10 Å². The molecule has 3 aromatic carbocycles. The monoisotopic (exact) mass is 650 g/mol. The van der Waals surface area contributed by atoms with Crippen LogP contribution in [0, 0.1) is 0 Å². The predicted molar refractivity (Wildman–Crippen MR) is 171 cm³/mol. The molecular weight excluding hydrogens is 619 g/mol. The number of carbonyl (C=O) groups is 2. The molecule has 0 radical (unpaired) electrons. The van der Waals surface area contributed by atoms with Crippen LogP contribution in [0.1, 0.15) is 26.3 Å². The number of hydrogen-bond acceptors (Lipinski definition) is 8. The number of morpholine rings is 1. The van der Waals surface area contributed by atoms with E-state index in [9.17, 15) is 9.59 Å². The first-order valence-electron chi connectivity index (χ1n) is 14.5. The van der Waals surface area contributed by atoms with Gasteiger partial charge in [0.25, 0.3) is 5.91 Å². The fourth-order valence-electron chi connectivity index (χ4n) is 5.60. The van der Waals surface area contributed by atoms with Crippen molar-refractivity contribution in [3.05, 3.63) is 87.7 Å². The highest BCUT2D eigenvalue weighted by Crippen LogP contribution is 2.40. The van der Waals surface area contributed by atoms with Gasteiger partial charge in [0.15, 0.2) is 6.73 Å². The lowest BCUT2D eigenvalue weighted by atomic mass is 9.97. The summed E-state index contributed by atoms with van der Waals surface area (Å²) in [6.07, 6.45) is 3.60. The van der Waals surface area contributed by atoms with E-state index in [4.69, 9.17) is 42.1 Å². The first kappa shape index (κ1) is 30.9. The van der Waals surface area contributed by atoms with E-state index in [0.717, 1.165) is 33.5 Å². The number of benzene rings is 3. The Morgan fingerprint density at radius 1 is 0.978 bits per heavy atom. The molecule has 6 rings (SSSR count). The molecule has 2 aliphatic heterocycles. The second-order valence-electron chi connectivity index (χ2n) is 10.7. The SMILES string of the molecule is COCCn1cc(-c2cc(Cl)c(C(=O)N3COc4c(cccc4-c4ccc(C(=O)OC)c(N5CCOCC5)c4)C3)c(Cl)c2)cn1. The number of ether oxygens (including phenoxy) is 4.